The number of benzene rings is 2. The third kappa shape index (κ3) is 2.36. The Balaban J connectivity index is 2.06. The van der Waals surface area contributed by atoms with Gasteiger partial charge in [-0.25, -0.2) is 9.55 Å². The molecule has 19 heavy (non-hydrogen) atoms. The second-order valence-corrected chi connectivity index (χ2v) is 5.09. The lowest BCUT2D eigenvalue weighted by molar-refractivity contribution is -0.669. The van der Waals surface area contributed by atoms with E-state index in [9.17, 15) is 0 Å². The van der Waals surface area contributed by atoms with Gasteiger partial charge in [-0.15, -0.1) is 0 Å². The molecule has 0 aliphatic rings. The highest BCUT2D eigenvalue weighted by Crippen LogP contribution is 2.13. The van der Waals surface area contributed by atoms with E-state index in [-0.39, 0.29) is 0 Å². The highest BCUT2D eigenvalue weighted by atomic mass is 35.5. The molecule has 0 amide bonds. The quantitative estimate of drug-likeness (QED) is 0.701. The smallest absolute Gasteiger partial charge is 0.241 e. The molecule has 2 nitrogen and oxygen atoms in total. The molecule has 0 radical (unpaired) electrons. The summed E-state index contributed by atoms with van der Waals surface area (Å²) in [4.78, 5) is 3.48. The number of imidazole rings is 1. The van der Waals surface area contributed by atoms with Crippen molar-refractivity contribution in [2.45, 2.75) is 19.9 Å². The predicted molar refractivity (Wildman–Crippen MR) is 78.4 cm³/mol. The minimum absolute atomic E-state index is 0.781. The van der Waals surface area contributed by atoms with Crippen molar-refractivity contribution in [2.75, 3.05) is 0 Å². The van der Waals surface area contributed by atoms with E-state index in [2.05, 4.69) is 52.9 Å². The van der Waals surface area contributed by atoms with Crippen LogP contribution in [0.3, 0.4) is 0 Å². The van der Waals surface area contributed by atoms with Gasteiger partial charge in [0.15, 0.2) is 11.0 Å². The average Bonchev–Trinajstić information content (AvgIpc) is 2.79. The van der Waals surface area contributed by atoms with Gasteiger partial charge in [-0.2, -0.15) is 0 Å². The topological polar surface area (TPSA) is 19.7 Å². The number of aryl methyl sites for hydroxylation is 1. The second kappa shape index (κ2) is 5.06. The van der Waals surface area contributed by atoms with Gasteiger partial charge in [0, 0.05) is 11.4 Å². The van der Waals surface area contributed by atoms with Crippen molar-refractivity contribution in [3.05, 3.63) is 64.9 Å². The highest BCUT2D eigenvalue weighted by molar-refractivity contribution is 6.30. The van der Waals surface area contributed by atoms with Gasteiger partial charge >= 0.3 is 0 Å². The predicted octanol–water partition coefficient (Wildman–Crippen LogP) is 3.72. The van der Waals surface area contributed by atoms with Gasteiger partial charge in [-0.3, -0.25) is 0 Å². The summed E-state index contributed by atoms with van der Waals surface area (Å²) in [5.74, 6) is 1.25. The number of rotatable bonds is 3. The van der Waals surface area contributed by atoms with E-state index in [0.717, 1.165) is 18.0 Å². The van der Waals surface area contributed by atoms with Crippen LogP contribution in [0.1, 0.15) is 18.3 Å². The van der Waals surface area contributed by atoms with Crippen LogP contribution < -0.4 is 4.57 Å². The standard InChI is InChI=1S/C16H15ClN2/c1-2-16-18-14-5-3-4-6-15(14)19(16)11-12-7-9-13(17)10-8-12/h3-10H,2,11H2,1H3/p+1. The summed E-state index contributed by atoms with van der Waals surface area (Å²) < 4.78 is 2.33. The molecule has 96 valence electrons. The maximum Gasteiger partial charge on any atom is 0.255 e. The number of aromatic amines is 1. The zero-order chi connectivity index (χ0) is 13.2. The summed E-state index contributed by atoms with van der Waals surface area (Å²) in [6, 6.07) is 16.5. The molecule has 0 atom stereocenters. The molecular weight excluding hydrogens is 256 g/mol. The van der Waals surface area contributed by atoms with E-state index in [0.29, 0.717) is 0 Å². The van der Waals surface area contributed by atoms with Crippen LogP contribution in [0.15, 0.2) is 48.5 Å². The normalized spacial score (nSPS) is 11.1. The van der Waals surface area contributed by atoms with Gasteiger partial charge in [0.2, 0.25) is 0 Å². The molecule has 0 aliphatic carbocycles. The molecule has 3 heteroatoms. The largest absolute Gasteiger partial charge is 0.255 e. The molecule has 0 fully saturated rings. The minimum Gasteiger partial charge on any atom is -0.241 e. The zero-order valence-corrected chi connectivity index (χ0v) is 11.6. The second-order valence-electron chi connectivity index (χ2n) is 4.66. The van der Waals surface area contributed by atoms with Crippen LogP contribution in [0.4, 0.5) is 0 Å². The summed E-state index contributed by atoms with van der Waals surface area (Å²) in [5.41, 5.74) is 3.69. The van der Waals surface area contributed by atoms with Crippen molar-refractivity contribution in [3.63, 3.8) is 0 Å². The Kier molecular flexibility index (Phi) is 3.26. The lowest BCUT2D eigenvalue weighted by Crippen LogP contribution is -2.37. The third-order valence-corrected chi connectivity index (χ3v) is 3.64. The minimum atomic E-state index is 0.781. The molecule has 1 N–H and O–H groups in total. The number of nitrogens with one attached hydrogen (secondary N) is 1. The van der Waals surface area contributed by atoms with Crippen molar-refractivity contribution < 1.29 is 4.57 Å². The fourth-order valence-electron chi connectivity index (χ4n) is 2.42. The van der Waals surface area contributed by atoms with Gasteiger partial charge in [0.25, 0.3) is 5.82 Å². The molecule has 1 aromatic heterocycles. The first kappa shape index (κ1) is 12.2. The number of nitrogens with zero attached hydrogens (tertiary/aromatic N) is 1. The van der Waals surface area contributed by atoms with Crippen molar-refractivity contribution in [1.82, 2.24) is 4.98 Å². The molecule has 3 aromatic rings. The van der Waals surface area contributed by atoms with Gasteiger partial charge in [0.05, 0.1) is 0 Å². The number of hydrogen-bond donors (Lipinski definition) is 1. The van der Waals surface area contributed by atoms with Crippen molar-refractivity contribution in [3.8, 4) is 0 Å². The van der Waals surface area contributed by atoms with E-state index in [4.69, 9.17) is 11.6 Å². The molecular formula is C16H16ClN2+. The van der Waals surface area contributed by atoms with Gasteiger partial charge in [-0.1, -0.05) is 42.8 Å². The maximum atomic E-state index is 5.93. The lowest BCUT2D eigenvalue weighted by atomic mass is 10.2. The first-order valence-corrected chi connectivity index (χ1v) is 6.89. The molecule has 0 unspecified atom stereocenters. The van der Waals surface area contributed by atoms with Crippen LogP contribution in [0, 0.1) is 0 Å². The van der Waals surface area contributed by atoms with Gasteiger partial charge in [-0.05, 0) is 29.8 Å². The SMILES string of the molecule is CCc1[nH]c2ccccc2[n+]1Cc1ccc(Cl)cc1. The van der Waals surface area contributed by atoms with E-state index in [1.807, 2.05) is 12.1 Å². The van der Waals surface area contributed by atoms with Gasteiger partial charge < -0.3 is 0 Å². The Bertz CT molecular complexity index is 698. The van der Waals surface area contributed by atoms with Crippen LogP contribution >= 0.6 is 11.6 Å². The summed E-state index contributed by atoms with van der Waals surface area (Å²) in [6.45, 7) is 3.04. The maximum absolute atomic E-state index is 5.93. The molecule has 3 rings (SSSR count). The van der Waals surface area contributed by atoms with E-state index in [1.165, 1.54) is 22.4 Å². The van der Waals surface area contributed by atoms with Crippen LogP contribution in [0.2, 0.25) is 5.02 Å². The van der Waals surface area contributed by atoms with E-state index in [1.54, 1.807) is 0 Å². The molecule has 0 spiro atoms. The summed E-state index contributed by atoms with van der Waals surface area (Å²) in [7, 11) is 0. The molecule has 0 bridgehead atoms. The fourth-order valence-corrected chi connectivity index (χ4v) is 2.54. The number of hydrogen-bond acceptors (Lipinski definition) is 0. The van der Waals surface area contributed by atoms with Gasteiger partial charge in [0.1, 0.15) is 6.54 Å². The van der Waals surface area contributed by atoms with E-state index >= 15 is 0 Å². The molecule has 0 saturated heterocycles. The third-order valence-electron chi connectivity index (χ3n) is 3.39. The van der Waals surface area contributed by atoms with Crippen LogP contribution in [-0.4, -0.2) is 4.98 Å². The Morgan fingerprint density at radius 2 is 1.79 bits per heavy atom. The number of para-hydroxylation sites is 2. The van der Waals surface area contributed by atoms with Crippen LogP contribution in [0.25, 0.3) is 11.0 Å². The number of H-pyrrole nitrogens is 1. The number of aromatic nitrogens is 2. The monoisotopic (exact) mass is 271 g/mol. The lowest BCUT2D eigenvalue weighted by Gasteiger charge is -2.02. The Hall–Kier alpha value is -1.80. The number of fused-ring (bicyclic) bond motifs is 1. The summed E-state index contributed by atoms with van der Waals surface area (Å²) in [5, 5.41) is 0.781. The molecule has 0 saturated carbocycles. The number of halogens is 1. The van der Waals surface area contributed by atoms with Crippen molar-refractivity contribution >= 4 is 22.6 Å². The Morgan fingerprint density at radius 3 is 2.53 bits per heavy atom. The molecule has 0 aliphatic heterocycles. The molecule has 1 heterocycles. The summed E-state index contributed by atoms with van der Waals surface area (Å²) in [6.07, 6.45) is 0.988. The van der Waals surface area contributed by atoms with E-state index < -0.39 is 0 Å². The first-order valence-electron chi connectivity index (χ1n) is 6.52. The van der Waals surface area contributed by atoms with Crippen LogP contribution in [0.5, 0.6) is 0 Å². The Morgan fingerprint density at radius 1 is 1.05 bits per heavy atom. The molecule has 2 aromatic carbocycles. The fraction of sp³-hybridized carbons (Fsp3) is 0.188. The first-order chi connectivity index (χ1) is 9.28. The summed E-state index contributed by atoms with van der Waals surface area (Å²) >= 11 is 5.93. The average molecular weight is 272 g/mol. The highest BCUT2D eigenvalue weighted by Gasteiger charge is 2.16. The van der Waals surface area contributed by atoms with Crippen molar-refractivity contribution in [1.29, 1.82) is 0 Å². The Labute approximate surface area is 117 Å². The zero-order valence-electron chi connectivity index (χ0n) is 10.9. The van der Waals surface area contributed by atoms with Crippen molar-refractivity contribution in [2.24, 2.45) is 0 Å². The van der Waals surface area contributed by atoms with Crippen LogP contribution in [-0.2, 0) is 13.0 Å².